The predicted octanol–water partition coefficient (Wildman–Crippen LogP) is 1.38. The highest BCUT2D eigenvalue weighted by Gasteiger charge is 2.24. The Morgan fingerprint density at radius 1 is 1.43 bits per heavy atom. The van der Waals surface area contributed by atoms with Gasteiger partial charge in [0.25, 0.3) is 0 Å². The summed E-state index contributed by atoms with van der Waals surface area (Å²) >= 11 is 5.71. The Labute approximate surface area is 129 Å². The molecule has 8 heteroatoms. The monoisotopic (exact) mass is 329 g/mol. The molecule has 0 bridgehead atoms. The van der Waals surface area contributed by atoms with Gasteiger partial charge in [0.1, 0.15) is 0 Å². The molecule has 1 amide bonds. The van der Waals surface area contributed by atoms with Gasteiger partial charge in [0.2, 0.25) is 15.9 Å². The van der Waals surface area contributed by atoms with Crippen LogP contribution < -0.4 is 4.72 Å². The highest BCUT2D eigenvalue weighted by Crippen LogP contribution is 2.14. The van der Waals surface area contributed by atoms with E-state index >= 15 is 0 Å². The normalized spacial score (nSPS) is 12.5. The van der Waals surface area contributed by atoms with E-state index < -0.39 is 22.0 Å². The molecule has 6 nitrogen and oxygen atoms in total. The highest BCUT2D eigenvalue weighted by atomic mass is 35.5. The average Bonchev–Trinajstić information content (AvgIpc) is 2.43. The SMILES string of the molecule is C[C@H](NS(=O)(=O)c1ccc(Cl)cc1)C(=O)N(C)CCC#N. The fourth-order valence-corrected chi connectivity index (χ4v) is 2.95. The van der Waals surface area contributed by atoms with Crippen molar-refractivity contribution < 1.29 is 13.2 Å². The largest absolute Gasteiger partial charge is 0.343 e. The van der Waals surface area contributed by atoms with Crippen molar-refractivity contribution in [2.24, 2.45) is 0 Å². The molecule has 1 rings (SSSR count). The number of nitrogens with zero attached hydrogens (tertiary/aromatic N) is 2. The number of nitriles is 1. The maximum atomic E-state index is 12.1. The molecule has 0 spiro atoms. The maximum Gasteiger partial charge on any atom is 0.241 e. The van der Waals surface area contributed by atoms with Crippen LogP contribution >= 0.6 is 11.6 Å². The lowest BCUT2D eigenvalue weighted by Crippen LogP contribution is -2.45. The Balaban J connectivity index is 2.77. The van der Waals surface area contributed by atoms with E-state index in [4.69, 9.17) is 16.9 Å². The van der Waals surface area contributed by atoms with Crippen LogP contribution in [0, 0.1) is 11.3 Å². The van der Waals surface area contributed by atoms with E-state index in [0.717, 1.165) is 0 Å². The van der Waals surface area contributed by atoms with Crippen LogP contribution in [0.15, 0.2) is 29.2 Å². The maximum absolute atomic E-state index is 12.1. The molecular formula is C13H16ClN3O3S. The number of carbonyl (C=O) groups excluding carboxylic acids is 1. The molecule has 0 aromatic heterocycles. The number of rotatable bonds is 6. The lowest BCUT2D eigenvalue weighted by Gasteiger charge is -2.21. The van der Waals surface area contributed by atoms with Crippen molar-refractivity contribution >= 4 is 27.5 Å². The van der Waals surface area contributed by atoms with Gasteiger partial charge in [-0.25, -0.2) is 8.42 Å². The van der Waals surface area contributed by atoms with Crippen molar-refractivity contribution in [2.75, 3.05) is 13.6 Å². The Hall–Kier alpha value is -1.62. The highest BCUT2D eigenvalue weighted by molar-refractivity contribution is 7.89. The van der Waals surface area contributed by atoms with Gasteiger partial charge < -0.3 is 4.90 Å². The molecular weight excluding hydrogens is 314 g/mol. The summed E-state index contributed by atoms with van der Waals surface area (Å²) in [7, 11) is -2.28. The first-order valence-corrected chi connectivity index (χ1v) is 8.04. The van der Waals surface area contributed by atoms with Gasteiger partial charge in [0.05, 0.1) is 23.4 Å². The summed E-state index contributed by atoms with van der Waals surface area (Å²) in [6.07, 6.45) is 0.193. The summed E-state index contributed by atoms with van der Waals surface area (Å²) in [5.41, 5.74) is 0. The fourth-order valence-electron chi connectivity index (χ4n) is 1.62. The number of benzene rings is 1. The third-order valence-electron chi connectivity index (χ3n) is 2.76. The van der Waals surface area contributed by atoms with Crippen LogP contribution in [0.1, 0.15) is 13.3 Å². The minimum absolute atomic E-state index is 0.0335. The van der Waals surface area contributed by atoms with Crippen LogP contribution in [0.2, 0.25) is 5.02 Å². The van der Waals surface area contributed by atoms with Gasteiger partial charge in [-0.3, -0.25) is 4.79 Å². The lowest BCUT2D eigenvalue weighted by molar-refractivity contribution is -0.131. The van der Waals surface area contributed by atoms with Gasteiger partial charge in [-0.2, -0.15) is 9.98 Å². The number of hydrogen-bond donors (Lipinski definition) is 1. The van der Waals surface area contributed by atoms with Crippen LogP contribution in [0.5, 0.6) is 0 Å². The van der Waals surface area contributed by atoms with Crippen molar-refractivity contribution in [3.63, 3.8) is 0 Å². The first-order valence-electron chi connectivity index (χ1n) is 6.17. The van der Waals surface area contributed by atoms with Crippen molar-refractivity contribution in [2.45, 2.75) is 24.3 Å². The van der Waals surface area contributed by atoms with Crippen LogP contribution in [0.25, 0.3) is 0 Å². The molecule has 21 heavy (non-hydrogen) atoms. The van der Waals surface area contributed by atoms with E-state index in [-0.39, 0.29) is 17.9 Å². The fraction of sp³-hybridized carbons (Fsp3) is 0.385. The van der Waals surface area contributed by atoms with Gasteiger partial charge in [-0.1, -0.05) is 11.6 Å². The minimum Gasteiger partial charge on any atom is -0.343 e. The third kappa shape index (κ3) is 5.01. The molecule has 0 heterocycles. The van der Waals surface area contributed by atoms with Crippen LogP contribution in [0.4, 0.5) is 0 Å². The van der Waals surface area contributed by atoms with Crippen molar-refractivity contribution in [1.29, 1.82) is 5.26 Å². The smallest absolute Gasteiger partial charge is 0.241 e. The molecule has 0 saturated heterocycles. The van der Waals surface area contributed by atoms with E-state index in [1.165, 1.54) is 43.1 Å². The quantitative estimate of drug-likeness (QED) is 0.853. The zero-order valence-electron chi connectivity index (χ0n) is 11.7. The Bertz CT molecular complexity index is 638. The molecule has 1 aromatic carbocycles. The molecule has 114 valence electrons. The van der Waals surface area contributed by atoms with Gasteiger partial charge >= 0.3 is 0 Å². The summed E-state index contributed by atoms with van der Waals surface area (Å²) in [5, 5.41) is 8.91. The summed E-state index contributed by atoms with van der Waals surface area (Å²) < 4.78 is 26.5. The van der Waals surface area contributed by atoms with Gasteiger partial charge in [-0.05, 0) is 31.2 Å². The second-order valence-corrected chi connectivity index (χ2v) is 6.62. The second-order valence-electron chi connectivity index (χ2n) is 4.46. The second kappa shape index (κ2) is 7.41. The Morgan fingerprint density at radius 3 is 2.52 bits per heavy atom. The number of carbonyl (C=O) groups is 1. The summed E-state index contributed by atoms with van der Waals surface area (Å²) in [6.45, 7) is 1.71. The van der Waals surface area contributed by atoms with Crippen LogP contribution in [0.3, 0.4) is 0 Å². The van der Waals surface area contributed by atoms with E-state index in [9.17, 15) is 13.2 Å². The van der Waals surface area contributed by atoms with Crippen LogP contribution in [-0.4, -0.2) is 38.9 Å². The molecule has 1 N–H and O–H groups in total. The number of halogens is 1. The van der Waals surface area contributed by atoms with E-state index in [1.807, 2.05) is 6.07 Å². The van der Waals surface area contributed by atoms with Crippen molar-refractivity contribution in [3.8, 4) is 6.07 Å². The third-order valence-corrected chi connectivity index (χ3v) is 4.57. The molecule has 0 saturated carbocycles. The van der Waals surface area contributed by atoms with Crippen molar-refractivity contribution in [1.82, 2.24) is 9.62 Å². The molecule has 1 aromatic rings. The first kappa shape index (κ1) is 17.4. The average molecular weight is 330 g/mol. The number of amides is 1. The lowest BCUT2D eigenvalue weighted by atomic mass is 10.3. The zero-order valence-corrected chi connectivity index (χ0v) is 13.3. The van der Waals surface area contributed by atoms with E-state index in [1.54, 1.807) is 0 Å². The minimum atomic E-state index is -3.80. The topological polar surface area (TPSA) is 90.3 Å². The molecule has 0 aliphatic carbocycles. The number of hydrogen-bond acceptors (Lipinski definition) is 4. The first-order chi connectivity index (χ1) is 9.77. The Morgan fingerprint density at radius 2 is 2.00 bits per heavy atom. The molecule has 0 fully saturated rings. The Kier molecular flexibility index (Phi) is 6.15. The molecule has 0 aliphatic heterocycles. The molecule has 0 aliphatic rings. The molecule has 1 atom stereocenters. The van der Waals surface area contributed by atoms with E-state index in [0.29, 0.717) is 5.02 Å². The number of sulfonamides is 1. The molecule has 0 radical (unpaired) electrons. The summed E-state index contributed by atoms with van der Waals surface area (Å²) in [6, 6.07) is 6.65. The van der Waals surface area contributed by atoms with Gasteiger partial charge in [-0.15, -0.1) is 0 Å². The zero-order chi connectivity index (χ0) is 16.0. The number of likely N-dealkylation sites (N-methyl/N-ethyl adjacent to an activating group) is 1. The van der Waals surface area contributed by atoms with Crippen molar-refractivity contribution in [3.05, 3.63) is 29.3 Å². The van der Waals surface area contributed by atoms with Crippen LogP contribution in [-0.2, 0) is 14.8 Å². The van der Waals surface area contributed by atoms with E-state index in [2.05, 4.69) is 4.72 Å². The molecule has 0 unspecified atom stereocenters. The van der Waals surface area contributed by atoms with Gasteiger partial charge in [0, 0.05) is 18.6 Å². The van der Waals surface area contributed by atoms with Gasteiger partial charge in [0.15, 0.2) is 0 Å². The number of nitrogens with one attached hydrogen (secondary N) is 1. The standard InChI is InChI=1S/C13H16ClN3O3S/c1-10(13(18)17(2)9-3-8-15)16-21(19,20)12-6-4-11(14)5-7-12/h4-7,10,16H,3,9H2,1-2H3/t10-/m0/s1. The summed E-state index contributed by atoms with van der Waals surface area (Å²) in [5.74, 6) is -0.400. The predicted molar refractivity (Wildman–Crippen MR) is 79.1 cm³/mol. The summed E-state index contributed by atoms with van der Waals surface area (Å²) in [4.78, 5) is 13.3.